The van der Waals surface area contributed by atoms with Gasteiger partial charge in [0.05, 0.1) is 12.6 Å². The number of halogens is 1. The van der Waals surface area contributed by atoms with E-state index in [0.717, 1.165) is 12.8 Å². The smallest absolute Gasteiger partial charge is 0.249 e. The highest BCUT2D eigenvalue weighted by Crippen LogP contribution is 2.18. The van der Waals surface area contributed by atoms with Crippen molar-refractivity contribution in [2.75, 3.05) is 6.54 Å². The lowest BCUT2D eigenvalue weighted by molar-refractivity contribution is -0.131. The van der Waals surface area contributed by atoms with Gasteiger partial charge in [-0.3, -0.25) is 4.79 Å². The topological polar surface area (TPSA) is 38.3 Å². The van der Waals surface area contributed by atoms with E-state index in [1.54, 1.807) is 0 Å². The third-order valence-corrected chi connectivity index (χ3v) is 2.11. The largest absolute Gasteiger partial charge is 0.365 e. The molecule has 1 N–H and O–H groups in total. The zero-order chi connectivity index (χ0) is 9.84. The second-order valence-corrected chi connectivity index (χ2v) is 3.78. The van der Waals surface area contributed by atoms with Crippen LogP contribution in [-0.2, 0) is 9.53 Å². The molecule has 0 aliphatic carbocycles. The first kappa shape index (κ1) is 10.5. The molecule has 2 atom stereocenters. The summed E-state index contributed by atoms with van der Waals surface area (Å²) in [5.41, 5.74) is 0. The Balaban J connectivity index is 2.27. The van der Waals surface area contributed by atoms with Crippen molar-refractivity contribution in [1.29, 1.82) is 0 Å². The molecule has 1 saturated heterocycles. The first-order chi connectivity index (χ1) is 6.09. The van der Waals surface area contributed by atoms with Crippen LogP contribution in [0.3, 0.4) is 0 Å². The summed E-state index contributed by atoms with van der Waals surface area (Å²) in [4.78, 5) is 11.4. The quantitative estimate of drug-likeness (QED) is 0.754. The molecule has 3 nitrogen and oxygen atoms in total. The van der Waals surface area contributed by atoms with Gasteiger partial charge in [0.15, 0.2) is 0 Å². The molecule has 1 aliphatic heterocycles. The number of hydrogen-bond donors (Lipinski definition) is 1. The summed E-state index contributed by atoms with van der Waals surface area (Å²) in [6.07, 6.45) is 1.63. The minimum absolute atomic E-state index is 0.0915. The molecule has 2 unspecified atom stereocenters. The Morgan fingerprint density at radius 1 is 1.69 bits per heavy atom. The monoisotopic (exact) mass is 203 g/mol. The van der Waals surface area contributed by atoms with Gasteiger partial charge in [0.25, 0.3) is 0 Å². The number of ether oxygens (including phenoxy) is 1. The van der Waals surface area contributed by atoms with E-state index in [0.29, 0.717) is 11.6 Å². The Hall–Kier alpha value is -0.540. The molecule has 0 aromatic rings. The lowest BCUT2D eigenvalue weighted by Gasteiger charge is -2.10. The fraction of sp³-hybridized carbons (Fsp3) is 0.667. The first-order valence-electron chi connectivity index (χ1n) is 4.36. The van der Waals surface area contributed by atoms with Gasteiger partial charge in [0.1, 0.15) is 6.10 Å². The lowest BCUT2D eigenvalue weighted by atomic mass is 10.2. The third-order valence-electron chi connectivity index (χ3n) is 1.98. The summed E-state index contributed by atoms with van der Waals surface area (Å²) >= 11 is 5.51. The zero-order valence-corrected chi connectivity index (χ0v) is 8.43. The van der Waals surface area contributed by atoms with Crippen LogP contribution in [0.1, 0.15) is 19.8 Å². The number of hydrogen-bond acceptors (Lipinski definition) is 2. The standard InChI is InChI=1S/C9H14ClNO2/c1-6(10)5-11-9(12)8-4-3-7(2)13-8/h7-8H,1,3-5H2,2H3,(H,11,12). The molecule has 1 aliphatic rings. The van der Waals surface area contributed by atoms with Crippen molar-refractivity contribution in [3.05, 3.63) is 11.6 Å². The highest BCUT2D eigenvalue weighted by Gasteiger charge is 2.27. The SMILES string of the molecule is C=C(Cl)CNC(=O)C1CCC(C)O1. The molecule has 4 heteroatoms. The Morgan fingerprint density at radius 2 is 2.38 bits per heavy atom. The van der Waals surface area contributed by atoms with Crippen molar-refractivity contribution in [2.24, 2.45) is 0 Å². The third kappa shape index (κ3) is 3.36. The summed E-state index contributed by atoms with van der Waals surface area (Å²) in [7, 11) is 0. The molecule has 1 heterocycles. The van der Waals surface area contributed by atoms with Crippen LogP contribution >= 0.6 is 11.6 Å². The number of nitrogens with one attached hydrogen (secondary N) is 1. The molecular formula is C9H14ClNO2. The van der Waals surface area contributed by atoms with E-state index in [-0.39, 0.29) is 18.1 Å². The molecule has 0 aromatic carbocycles. The molecule has 0 spiro atoms. The summed E-state index contributed by atoms with van der Waals surface area (Å²) in [6.45, 7) is 5.76. The molecule has 0 radical (unpaired) electrons. The van der Waals surface area contributed by atoms with Gasteiger partial charge in [0, 0.05) is 5.03 Å². The Morgan fingerprint density at radius 3 is 2.85 bits per heavy atom. The highest BCUT2D eigenvalue weighted by molar-refractivity contribution is 6.29. The van der Waals surface area contributed by atoms with Gasteiger partial charge in [-0.05, 0) is 19.8 Å². The number of rotatable bonds is 3. The van der Waals surface area contributed by atoms with E-state index in [9.17, 15) is 4.79 Å². The highest BCUT2D eigenvalue weighted by atomic mass is 35.5. The molecule has 1 rings (SSSR count). The van der Waals surface area contributed by atoms with Crippen molar-refractivity contribution in [3.63, 3.8) is 0 Å². The molecule has 74 valence electrons. The summed E-state index contributed by atoms with van der Waals surface area (Å²) in [5, 5.41) is 3.08. The van der Waals surface area contributed by atoms with Gasteiger partial charge >= 0.3 is 0 Å². The van der Waals surface area contributed by atoms with Gasteiger partial charge in [-0.1, -0.05) is 18.2 Å². The summed E-state index contributed by atoms with van der Waals surface area (Å²) in [6, 6.07) is 0. The van der Waals surface area contributed by atoms with Gasteiger partial charge in [0.2, 0.25) is 5.91 Å². The maximum Gasteiger partial charge on any atom is 0.249 e. The second-order valence-electron chi connectivity index (χ2n) is 3.25. The summed E-state index contributed by atoms with van der Waals surface area (Å²) in [5.74, 6) is -0.0915. The van der Waals surface area contributed by atoms with Crippen LogP contribution in [0.25, 0.3) is 0 Å². The van der Waals surface area contributed by atoms with Crippen molar-refractivity contribution >= 4 is 17.5 Å². The average Bonchev–Trinajstić information content (AvgIpc) is 2.47. The van der Waals surface area contributed by atoms with Crippen molar-refractivity contribution < 1.29 is 9.53 Å². The van der Waals surface area contributed by atoms with Gasteiger partial charge in [-0.2, -0.15) is 0 Å². The number of amides is 1. The fourth-order valence-electron chi connectivity index (χ4n) is 1.29. The minimum atomic E-state index is -0.300. The van der Waals surface area contributed by atoms with Crippen LogP contribution in [-0.4, -0.2) is 24.7 Å². The van der Waals surface area contributed by atoms with Crippen LogP contribution in [0.4, 0.5) is 0 Å². The van der Waals surface area contributed by atoms with Gasteiger partial charge < -0.3 is 10.1 Å². The normalized spacial score (nSPS) is 27.2. The van der Waals surface area contributed by atoms with E-state index in [2.05, 4.69) is 11.9 Å². The molecule has 0 bridgehead atoms. The number of carbonyl (C=O) groups excluding carboxylic acids is 1. The van der Waals surface area contributed by atoms with Gasteiger partial charge in [-0.25, -0.2) is 0 Å². The fourth-order valence-corrected chi connectivity index (χ4v) is 1.36. The molecule has 1 fully saturated rings. The van der Waals surface area contributed by atoms with Crippen LogP contribution in [0.15, 0.2) is 11.6 Å². The predicted octanol–water partition coefficient (Wildman–Crippen LogP) is 1.42. The van der Waals surface area contributed by atoms with Crippen LogP contribution in [0.2, 0.25) is 0 Å². The Bertz CT molecular complexity index is 218. The first-order valence-corrected chi connectivity index (χ1v) is 4.74. The lowest BCUT2D eigenvalue weighted by Crippen LogP contribution is -2.35. The van der Waals surface area contributed by atoms with E-state index in [1.807, 2.05) is 6.92 Å². The van der Waals surface area contributed by atoms with Gasteiger partial charge in [-0.15, -0.1) is 0 Å². The maximum absolute atomic E-state index is 11.4. The molecule has 0 saturated carbocycles. The average molecular weight is 204 g/mol. The van der Waals surface area contributed by atoms with Crippen LogP contribution in [0, 0.1) is 0 Å². The van der Waals surface area contributed by atoms with Crippen molar-refractivity contribution in [1.82, 2.24) is 5.32 Å². The Kier molecular flexibility index (Phi) is 3.75. The van der Waals surface area contributed by atoms with Crippen LogP contribution < -0.4 is 5.32 Å². The molecular weight excluding hydrogens is 190 g/mol. The van der Waals surface area contributed by atoms with E-state index < -0.39 is 0 Å². The zero-order valence-electron chi connectivity index (χ0n) is 7.68. The predicted molar refractivity (Wildman–Crippen MR) is 51.6 cm³/mol. The van der Waals surface area contributed by atoms with Crippen LogP contribution in [0.5, 0.6) is 0 Å². The summed E-state index contributed by atoms with van der Waals surface area (Å²) < 4.78 is 5.37. The van der Waals surface area contributed by atoms with E-state index in [1.165, 1.54) is 0 Å². The van der Waals surface area contributed by atoms with Crippen molar-refractivity contribution in [3.8, 4) is 0 Å². The minimum Gasteiger partial charge on any atom is -0.365 e. The van der Waals surface area contributed by atoms with E-state index in [4.69, 9.17) is 16.3 Å². The number of carbonyl (C=O) groups is 1. The van der Waals surface area contributed by atoms with E-state index >= 15 is 0 Å². The van der Waals surface area contributed by atoms with Crippen molar-refractivity contribution in [2.45, 2.75) is 32.0 Å². The molecule has 0 aromatic heterocycles. The maximum atomic E-state index is 11.4. The Labute approximate surface area is 83.1 Å². The second kappa shape index (κ2) is 4.63. The molecule has 1 amide bonds. The molecule has 13 heavy (non-hydrogen) atoms.